The first-order valence-electron chi connectivity index (χ1n) is 9.71. The third-order valence-corrected chi connectivity index (χ3v) is 6.06. The molecule has 0 saturated carbocycles. The van der Waals surface area contributed by atoms with Gasteiger partial charge in [0.2, 0.25) is 5.91 Å². The predicted octanol–water partition coefficient (Wildman–Crippen LogP) is 4.74. The molecule has 1 amide bonds. The second kappa shape index (κ2) is 7.81. The zero-order valence-electron chi connectivity index (χ0n) is 16.3. The molecule has 0 saturated heterocycles. The van der Waals surface area contributed by atoms with Crippen LogP contribution in [0.4, 0.5) is 5.69 Å². The Morgan fingerprint density at radius 1 is 0.774 bits per heavy atom. The smallest absolute Gasteiger partial charge is 0.234 e. The molecule has 1 aliphatic rings. The molecule has 0 spiro atoms. The molecule has 1 aromatic heterocycles. The van der Waals surface area contributed by atoms with Gasteiger partial charge in [-0.3, -0.25) is 14.4 Å². The first-order chi connectivity index (χ1) is 15.1. The van der Waals surface area contributed by atoms with Crippen molar-refractivity contribution in [2.24, 2.45) is 0 Å². The summed E-state index contributed by atoms with van der Waals surface area (Å²) in [7, 11) is 0. The molecule has 0 radical (unpaired) electrons. The van der Waals surface area contributed by atoms with Crippen LogP contribution in [0.2, 0.25) is 0 Å². The van der Waals surface area contributed by atoms with E-state index < -0.39 is 0 Å². The van der Waals surface area contributed by atoms with Crippen LogP contribution in [0.25, 0.3) is 10.9 Å². The van der Waals surface area contributed by atoms with Crippen LogP contribution in [0.15, 0.2) is 83.9 Å². The van der Waals surface area contributed by atoms with Crippen molar-refractivity contribution in [2.45, 2.75) is 5.03 Å². The van der Waals surface area contributed by atoms with Gasteiger partial charge >= 0.3 is 0 Å². The summed E-state index contributed by atoms with van der Waals surface area (Å²) in [6.07, 6.45) is 0. The van der Waals surface area contributed by atoms with Gasteiger partial charge in [-0.15, -0.1) is 0 Å². The summed E-state index contributed by atoms with van der Waals surface area (Å²) >= 11 is 1.34. The molecule has 3 aromatic carbocycles. The highest BCUT2D eigenvalue weighted by Gasteiger charge is 2.29. The number of nitrogens with one attached hydrogen (secondary N) is 1. The van der Waals surface area contributed by atoms with Gasteiger partial charge in [-0.1, -0.05) is 60.3 Å². The van der Waals surface area contributed by atoms with E-state index >= 15 is 0 Å². The number of hydrogen-bond acceptors (Lipinski definition) is 5. The maximum Gasteiger partial charge on any atom is 0.234 e. The minimum Gasteiger partial charge on any atom is -0.325 e. The maximum atomic E-state index is 12.8. The monoisotopic (exact) mass is 424 g/mol. The Labute approximate surface area is 182 Å². The second-order valence-electron chi connectivity index (χ2n) is 7.14. The number of para-hydroxylation sites is 1. The first kappa shape index (κ1) is 19.2. The van der Waals surface area contributed by atoms with E-state index in [0.717, 1.165) is 15.9 Å². The lowest BCUT2D eigenvalue weighted by Gasteiger charge is -2.18. The van der Waals surface area contributed by atoms with Crippen LogP contribution in [0.3, 0.4) is 0 Å². The molecule has 4 aromatic rings. The molecular weight excluding hydrogens is 408 g/mol. The molecule has 0 fully saturated rings. The van der Waals surface area contributed by atoms with Gasteiger partial charge in [0.05, 0.1) is 16.3 Å². The van der Waals surface area contributed by atoms with E-state index in [1.54, 1.807) is 42.5 Å². The average Bonchev–Trinajstić information content (AvgIpc) is 2.81. The predicted molar refractivity (Wildman–Crippen MR) is 121 cm³/mol. The number of aromatic nitrogens is 1. The zero-order chi connectivity index (χ0) is 21.4. The molecular formula is C25H16N2O3S. The Morgan fingerprint density at radius 3 is 2.26 bits per heavy atom. The van der Waals surface area contributed by atoms with Crippen molar-refractivity contribution in [1.82, 2.24) is 4.98 Å². The number of benzene rings is 3. The highest BCUT2D eigenvalue weighted by molar-refractivity contribution is 7.99. The summed E-state index contributed by atoms with van der Waals surface area (Å²) < 4.78 is 0. The number of nitrogens with zero attached hydrogens (tertiary/aromatic N) is 1. The van der Waals surface area contributed by atoms with Gasteiger partial charge in [-0.2, -0.15) is 0 Å². The Bertz CT molecular complexity index is 1380. The number of thioether (sulfide) groups is 1. The molecule has 1 aliphatic carbocycles. The highest BCUT2D eigenvalue weighted by atomic mass is 32.2. The number of anilines is 1. The quantitative estimate of drug-likeness (QED) is 0.422. The highest BCUT2D eigenvalue weighted by Crippen LogP contribution is 2.29. The molecule has 1 N–H and O–H groups in total. The Balaban J connectivity index is 1.30. The molecule has 6 heteroatoms. The van der Waals surface area contributed by atoms with E-state index in [0.29, 0.717) is 27.9 Å². The number of ketones is 2. The van der Waals surface area contributed by atoms with Crippen molar-refractivity contribution in [2.75, 3.05) is 11.1 Å². The number of amides is 1. The summed E-state index contributed by atoms with van der Waals surface area (Å²) in [5.74, 6) is -0.426. The van der Waals surface area contributed by atoms with Crippen molar-refractivity contribution < 1.29 is 14.4 Å². The lowest BCUT2D eigenvalue weighted by molar-refractivity contribution is -0.113. The Kier molecular flexibility index (Phi) is 4.84. The molecule has 5 nitrogen and oxygen atoms in total. The zero-order valence-corrected chi connectivity index (χ0v) is 17.1. The molecule has 0 aliphatic heterocycles. The standard InChI is InChI=1S/C25H16N2O3S/c28-22(14-31-23-12-9-15-5-1-4-8-21(15)27-23)26-16-10-11-19-20(13-16)25(30)18-7-3-2-6-17(18)24(19)29/h1-13H,14H2,(H,26,28). The van der Waals surface area contributed by atoms with Crippen molar-refractivity contribution >= 4 is 45.8 Å². The largest absolute Gasteiger partial charge is 0.325 e. The van der Waals surface area contributed by atoms with Crippen LogP contribution in [0.1, 0.15) is 31.8 Å². The van der Waals surface area contributed by atoms with E-state index in [9.17, 15) is 14.4 Å². The molecule has 0 unspecified atom stereocenters. The third kappa shape index (κ3) is 3.62. The van der Waals surface area contributed by atoms with Crippen LogP contribution in [-0.2, 0) is 4.79 Å². The van der Waals surface area contributed by atoms with Crippen molar-refractivity contribution in [3.8, 4) is 0 Å². The molecule has 0 atom stereocenters. The number of carbonyl (C=O) groups is 3. The lowest BCUT2D eigenvalue weighted by atomic mass is 9.84. The van der Waals surface area contributed by atoms with Gasteiger partial charge in [0.25, 0.3) is 0 Å². The summed E-state index contributed by atoms with van der Waals surface area (Å²) in [5, 5.41) is 4.62. The fraction of sp³-hybridized carbons (Fsp3) is 0.0400. The second-order valence-corrected chi connectivity index (χ2v) is 8.14. The van der Waals surface area contributed by atoms with E-state index in [1.165, 1.54) is 11.8 Å². The lowest BCUT2D eigenvalue weighted by Crippen LogP contribution is -2.21. The number of rotatable bonds is 4. The normalized spacial score (nSPS) is 12.4. The van der Waals surface area contributed by atoms with E-state index in [-0.39, 0.29) is 23.2 Å². The Hall–Kier alpha value is -3.77. The van der Waals surface area contributed by atoms with Gasteiger partial charge in [0, 0.05) is 33.3 Å². The van der Waals surface area contributed by atoms with E-state index in [1.807, 2.05) is 36.4 Å². The van der Waals surface area contributed by atoms with Crippen molar-refractivity contribution in [3.05, 3.63) is 101 Å². The fourth-order valence-electron chi connectivity index (χ4n) is 3.64. The van der Waals surface area contributed by atoms with Crippen LogP contribution < -0.4 is 5.32 Å². The van der Waals surface area contributed by atoms with Gasteiger partial charge < -0.3 is 5.32 Å². The van der Waals surface area contributed by atoms with Crippen LogP contribution in [-0.4, -0.2) is 28.2 Å². The summed E-state index contributed by atoms with van der Waals surface area (Å²) in [4.78, 5) is 42.5. The Morgan fingerprint density at radius 2 is 1.45 bits per heavy atom. The van der Waals surface area contributed by atoms with Gasteiger partial charge in [-0.25, -0.2) is 4.98 Å². The molecule has 150 valence electrons. The maximum absolute atomic E-state index is 12.8. The van der Waals surface area contributed by atoms with E-state index in [2.05, 4.69) is 10.3 Å². The topological polar surface area (TPSA) is 76.1 Å². The summed E-state index contributed by atoms with van der Waals surface area (Å²) in [5.41, 5.74) is 2.83. The van der Waals surface area contributed by atoms with Crippen LogP contribution in [0, 0.1) is 0 Å². The average molecular weight is 424 g/mol. The molecule has 0 bridgehead atoms. The van der Waals surface area contributed by atoms with Crippen LogP contribution >= 0.6 is 11.8 Å². The van der Waals surface area contributed by atoms with Crippen molar-refractivity contribution in [1.29, 1.82) is 0 Å². The SMILES string of the molecule is O=C(CSc1ccc2ccccc2n1)Nc1ccc2c(c1)C(=O)c1ccccc1C2=O. The minimum atomic E-state index is -0.213. The molecule has 31 heavy (non-hydrogen) atoms. The number of carbonyl (C=O) groups excluding carboxylic acids is 3. The summed E-state index contributed by atoms with van der Waals surface area (Å²) in [6.45, 7) is 0. The van der Waals surface area contributed by atoms with Gasteiger partial charge in [0.15, 0.2) is 11.6 Å². The summed E-state index contributed by atoms with van der Waals surface area (Å²) in [6, 6.07) is 23.3. The third-order valence-electron chi connectivity index (χ3n) is 5.13. The fourth-order valence-corrected chi connectivity index (χ4v) is 4.32. The van der Waals surface area contributed by atoms with Crippen molar-refractivity contribution in [3.63, 3.8) is 0 Å². The van der Waals surface area contributed by atoms with Crippen LogP contribution in [0.5, 0.6) is 0 Å². The van der Waals surface area contributed by atoms with E-state index in [4.69, 9.17) is 0 Å². The number of fused-ring (bicyclic) bond motifs is 3. The van der Waals surface area contributed by atoms with Gasteiger partial charge in [-0.05, 0) is 30.3 Å². The number of hydrogen-bond donors (Lipinski definition) is 1. The number of pyridine rings is 1. The van der Waals surface area contributed by atoms with Gasteiger partial charge in [0.1, 0.15) is 0 Å². The molecule has 5 rings (SSSR count). The first-order valence-corrected chi connectivity index (χ1v) is 10.7. The minimum absolute atomic E-state index is 0.179. The molecule has 1 heterocycles.